The number of carbonyl (C=O) groups is 5. The third kappa shape index (κ3) is 8.08. The van der Waals surface area contributed by atoms with E-state index in [9.17, 15) is 42.3 Å². The number of aromatic amines is 1. The molecule has 3 aliphatic rings. The average molecular weight is 767 g/mol. The van der Waals surface area contributed by atoms with E-state index in [1.807, 2.05) is 0 Å². The number of sulfone groups is 1. The number of aromatic nitrogens is 4. The Labute approximate surface area is 311 Å². The Morgan fingerprint density at radius 2 is 1.78 bits per heavy atom. The number of nitrogens with one attached hydrogen (secondary N) is 3. The summed E-state index contributed by atoms with van der Waals surface area (Å²) in [6.45, 7) is 2.96. The summed E-state index contributed by atoms with van der Waals surface area (Å²) in [5.74, 6) is -5.48. The van der Waals surface area contributed by atoms with E-state index in [0.717, 1.165) is 32.1 Å². The number of hydrogen-bond acceptors (Lipinski definition) is 11. The molecule has 17 nitrogen and oxygen atoms in total. The smallest absolute Gasteiger partial charge is 0.287 e. The van der Waals surface area contributed by atoms with Crippen molar-refractivity contribution in [3.8, 4) is 0 Å². The third-order valence-electron chi connectivity index (χ3n) is 11.0. The Morgan fingerprint density at radius 3 is 2.44 bits per heavy atom. The first-order valence-electron chi connectivity index (χ1n) is 18.2. The number of likely N-dealkylation sites (tertiary alicyclic amines) is 1. The van der Waals surface area contributed by atoms with Crippen molar-refractivity contribution in [3.63, 3.8) is 0 Å². The van der Waals surface area contributed by atoms with Crippen LogP contribution in [0, 0.1) is 5.92 Å². The Kier molecular flexibility index (Phi) is 10.8. The highest BCUT2D eigenvalue weighted by molar-refractivity contribution is 7.91. The van der Waals surface area contributed by atoms with Crippen LogP contribution in [0.2, 0.25) is 0 Å². The number of pyridine rings is 1. The first-order chi connectivity index (χ1) is 25.5. The second-order valence-electron chi connectivity index (χ2n) is 15.3. The van der Waals surface area contributed by atoms with Crippen molar-refractivity contribution in [1.82, 2.24) is 35.5 Å². The first-order valence-corrected chi connectivity index (χ1v) is 20.0. The molecule has 2 aromatic heterocycles. The minimum Gasteiger partial charge on any atom is -0.384 e. The number of ketones is 1. The molecule has 0 spiro atoms. The fourth-order valence-electron chi connectivity index (χ4n) is 8.03. The Bertz CT molecular complexity index is 2120. The van der Waals surface area contributed by atoms with Gasteiger partial charge in [-0.2, -0.15) is 0 Å². The molecule has 1 aliphatic carbocycles. The molecular formula is C36H46N8O9S. The second-order valence-corrected chi connectivity index (χ2v) is 17.6. The van der Waals surface area contributed by atoms with Crippen LogP contribution in [0.5, 0.6) is 0 Å². The fourth-order valence-corrected chi connectivity index (χ4v) is 9.55. The number of fused-ring (bicyclic) bond motifs is 1. The van der Waals surface area contributed by atoms with E-state index in [4.69, 9.17) is 5.73 Å². The van der Waals surface area contributed by atoms with Gasteiger partial charge in [-0.15, -0.1) is 5.10 Å². The lowest BCUT2D eigenvalue weighted by Gasteiger charge is -2.37. The van der Waals surface area contributed by atoms with Gasteiger partial charge in [0.2, 0.25) is 17.6 Å². The van der Waals surface area contributed by atoms with E-state index in [1.54, 1.807) is 24.3 Å². The predicted molar refractivity (Wildman–Crippen MR) is 194 cm³/mol. The number of H-pyrrole nitrogens is 1. The standard InChI is InChI=1S/C36H46N8O9S/c1-35(2,51)28-19-38-42-44(28)23-18-27(33(49)41-36(29(45)30(37)46)12-14-54(52,53)15-13-36)43(20-23)34(50)26(16-21-8-4-3-5-9-21)40-32(48)25-17-22-10-6-7-11-24(22)31(47)39-25/h6-7,10-11,17,19,21,23,26-27,51H,3-5,8-9,12-16,18,20H2,1-2H3,(H2,37,46)(H,39,47)(H,40,48)(H,41,49)/t23-,26?,27-/m0/s1. The van der Waals surface area contributed by atoms with Crippen LogP contribution in [0.25, 0.3) is 10.8 Å². The molecule has 2 aliphatic heterocycles. The van der Waals surface area contributed by atoms with E-state index < -0.39 is 85.6 Å². The van der Waals surface area contributed by atoms with E-state index in [1.165, 1.54) is 35.7 Å². The minimum atomic E-state index is -3.55. The molecule has 0 radical (unpaired) electrons. The van der Waals surface area contributed by atoms with Crippen LogP contribution >= 0.6 is 0 Å². The summed E-state index contributed by atoms with van der Waals surface area (Å²) in [5, 5.41) is 25.4. The van der Waals surface area contributed by atoms with Gasteiger partial charge in [0.05, 0.1) is 29.4 Å². The highest BCUT2D eigenvalue weighted by Crippen LogP contribution is 2.35. The van der Waals surface area contributed by atoms with Crippen molar-refractivity contribution in [2.75, 3.05) is 18.1 Å². The number of carbonyl (C=O) groups excluding carboxylic acids is 5. The molecule has 0 bridgehead atoms. The Morgan fingerprint density at radius 1 is 1.09 bits per heavy atom. The molecule has 1 saturated carbocycles. The zero-order chi connectivity index (χ0) is 39.0. The third-order valence-corrected chi connectivity index (χ3v) is 12.7. The van der Waals surface area contributed by atoms with Crippen LogP contribution in [0.4, 0.5) is 0 Å². The second kappa shape index (κ2) is 15.0. The molecular weight excluding hydrogens is 721 g/mol. The van der Waals surface area contributed by atoms with Crippen LogP contribution in [-0.2, 0) is 34.6 Å². The largest absolute Gasteiger partial charge is 0.384 e. The molecule has 1 aromatic carbocycles. The van der Waals surface area contributed by atoms with Crippen LogP contribution in [-0.4, -0.2) is 103 Å². The van der Waals surface area contributed by atoms with Crippen molar-refractivity contribution in [3.05, 3.63) is 58.3 Å². The molecule has 3 aromatic rings. The molecule has 3 fully saturated rings. The van der Waals surface area contributed by atoms with Crippen molar-refractivity contribution in [1.29, 1.82) is 0 Å². The van der Waals surface area contributed by atoms with Crippen molar-refractivity contribution < 1.29 is 37.5 Å². The molecule has 18 heteroatoms. The molecule has 6 rings (SSSR count). The molecule has 6 N–H and O–H groups in total. The van der Waals surface area contributed by atoms with E-state index >= 15 is 0 Å². The number of rotatable bonds is 11. The summed E-state index contributed by atoms with van der Waals surface area (Å²) in [7, 11) is -3.55. The number of nitrogens with zero attached hydrogens (tertiary/aromatic N) is 4. The highest BCUT2D eigenvalue weighted by atomic mass is 32.2. The minimum absolute atomic E-state index is 0.0506. The summed E-state index contributed by atoms with van der Waals surface area (Å²) >= 11 is 0. The average Bonchev–Trinajstić information content (AvgIpc) is 3.81. The van der Waals surface area contributed by atoms with Gasteiger partial charge in [-0.1, -0.05) is 55.5 Å². The predicted octanol–water partition coefficient (Wildman–Crippen LogP) is 0.376. The van der Waals surface area contributed by atoms with Gasteiger partial charge in [0.15, 0.2) is 9.84 Å². The van der Waals surface area contributed by atoms with Crippen molar-refractivity contribution in [2.45, 2.75) is 101 Å². The number of hydrogen-bond donors (Lipinski definition) is 5. The zero-order valence-corrected chi connectivity index (χ0v) is 31.1. The number of primary amides is 1. The van der Waals surface area contributed by atoms with Gasteiger partial charge in [0.25, 0.3) is 17.4 Å². The van der Waals surface area contributed by atoms with Crippen LogP contribution in [0.15, 0.2) is 41.3 Å². The lowest BCUT2D eigenvalue weighted by molar-refractivity contribution is -0.145. The summed E-state index contributed by atoms with van der Waals surface area (Å²) in [5.41, 5.74) is 1.84. The lowest BCUT2D eigenvalue weighted by atomic mass is 9.84. The van der Waals surface area contributed by atoms with E-state index in [2.05, 4.69) is 25.9 Å². The monoisotopic (exact) mass is 766 g/mol. The fraction of sp³-hybridized carbons (Fsp3) is 0.556. The normalized spacial score (nSPS) is 22.0. The maximum absolute atomic E-state index is 14.8. The number of Topliss-reactive ketones (excluding diaryl/α,β-unsaturated/α-hetero) is 1. The van der Waals surface area contributed by atoms with Crippen LogP contribution in [0.3, 0.4) is 0 Å². The summed E-state index contributed by atoms with van der Waals surface area (Å²) < 4.78 is 26.1. The number of benzene rings is 1. The molecule has 290 valence electrons. The molecule has 2 saturated heterocycles. The topological polar surface area (TPSA) is 257 Å². The quantitative estimate of drug-likeness (QED) is 0.167. The number of nitrogens with two attached hydrogens (primary N) is 1. The summed E-state index contributed by atoms with van der Waals surface area (Å²) in [4.78, 5) is 85.1. The maximum atomic E-state index is 14.8. The molecule has 4 heterocycles. The molecule has 3 atom stereocenters. The lowest BCUT2D eigenvalue weighted by Crippen LogP contribution is -2.64. The molecule has 1 unspecified atom stereocenters. The molecule has 54 heavy (non-hydrogen) atoms. The van der Waals surface area contributed by atoms with Crippen molar-refractivity contribution >= 4 is 50.0 Å². The highest BCUT2D eigenvalue weighted by Gasteiger charge is 2.50. The van der Waals surface area contributed by atoms with Crippen molar-refractivity contribution in [2.24, 2.45) is 11.7 Å². The van der Waals surface area contributed by atoms with Gasteiger partial charge in [-0.05, 0) is 56.5 Å². The van der Waals surface area contributed by atoms with E-state index in [-0.39, 0.29) is 43.8 Å². The van der Waals surface area contributed by atoms with Gasteiger partial charge >= 0.3 is 0 Å². The van der Waals surface area contributed by atoms with Gasteiger partial charge in [0.1, 0.15) is 28.9 Å². The number of aliphatic hydroxyl groups is 1. The Hall–Kier alpha value is -4.97. The summed E-state index contributed by atoms with van der Waals surface area (Å²) in [6.07, 6.45) is 5.39. The first kappa shape index (κ1) is 38.7. The SMILES string of the molecule is CC(C)(O)c1cnnn1[C@H]1C[C@@H](C(=O)NC2(C(=O)C(N)=O)CCS(=O)(=O)CC2)N(C(=O)C(CC2CCCCC2)NC(=O)c2cc3ccccc3c(=O)[nH]2)C1. The molecule has 4 amide bonds. The summed E-state index contributed by atoms with van der Waals surface area (Å²) in [6, 6.07) is 5.16. The Balaban J connectivity index is 1.35. The van der Waals surface area contributed by atoms with E-state index in [0.29, 0.717) is 16.5 Å². The van der Waals surface area contributed by atoms with Crippen LogP contribution in [0.1, 0.15) is 93.9 Å². The van der Waals surface area contributed by atoms with Gasteiger partial charge < -0.3 is 31.4 Å². The van der Waals surface area contributed by atoms with Gasteiger partial charge in [0, 0.05) is 18.4 Å². The maximum Gasteiger partial charge on any atom is 0.287 e. The van der Waals surface area contributed by atoms with Crippen LogP contribution < -0.4 is 21.9 Å². The number of amides is 4. The van der Waals surface area contributed by atoms with Gasteiger partial charge in [-0.25, -0.2) is 13.1 Å². The van der Waals surface area contributed by atoms with Gasteiger partial charge in [-0.3, -0.25) is 28.8 Å². The zero-order valence-electron chi connectivity index (χ0n) is 30.2.